The van der Waals surface area contributed by atoms with Crippen LogP contribution in [0, 0.1) is 0 Å². The molecule has 0 bridgehead atoms. The van der Waals surface area contributed by atoms with Crippen molar-refractivity contribution in [3.05, 3.63) is 12.4 Å². The second-order valence-electron chi connectivity index (χ2n) is 10.2. The van der Waals surface area contributed by atoms with Gasteiger partial charge in [0.1, 0.15) is 0 Å². The number of unbranched alkanes of at least 4 members (excludes halogenated alkanes) is 12. The Morgan fingerprint density at radius 2 is 0.886 bits per heavy atom. The second-order valence-corrected chi connectivity index (χ2v) is 10.2. The maximum atomic E-state index is 5.79. The Hall–Kier alpha value is -2.12. The van der Waals surface area contributed by atoms with E-state index in [9.17, 15) is 0 Å². The highest BCUT2D eigenvalue weighted by Gasteiger charge is 2.25. The first-order chi connectivity index (χ1) is 17.1. The second kappa shape index (κ2) is 18.2. The van der Waals surface area contributed by atoms with Gasteiger partial charge in [-0.25, -0.2) is 0 Å². The van der Waals surface area contributed by atoms with Crippen molar-refractivity contribution < 1.29 is 18.4 Å². The van der Waals surface area contributed by atoms with Crippen molar-refractivity contribution in [2.24, 2.45) is 0 Å². The fourth-order valence-corrected chi connectivity index (χ4v) is 4.96. The van der Waals surface area contributed by atoms with Crippen LogP contribution >= 0.6 is 0 Å². The third kappa shape index (κ3) is 12.4. The number of anilines is 2. The molecule has 2 heterocycles. The molecule has 0 amide bonds. The molecule has 4 N–H and O–H groups in total. The lowest BCUT2D eigenvalue weighted by Crippen LogP contribution is -2.41. The fraction of sp³-hybridized carbons (Fsp3) is 0.852. The smallest absolute Gasteiger partial charge is 0.293 e. The van der Waals surface area contributed by atoms with Crippen molar-refractivity contribution in [1.29, 1.82) is 0 Å². The highest BCUT2D eigenvalue weighted by Crippen LogP contribution is 2.22. The fourth-order valence-electron chi connectivity index (χ4n) is 4.96. The summed E-state index contributed by atoms with van der Waals surface area (Å²) in [5.74, 6) is 0.777. The van der Waals surface area contributed by atoms with Gasteiger partial charge < -0.3 is 11.5 Å². The first-order valence-corrected chi connectivity index (χ1v) is 14.4. The Labute approximate surface area is 212 Å². The zero-order valence-corrected chi connectivity index (χ0v) is 22.5. The van der Waals surface area contributed by atoms with Crippen LogP contribution in [0.1, 0.15) is 148 Å². The minimum atomic E-state index is 0.367. The predicted octanol–water partition coefficient (Wildman–Crippen LogP) is 6.64. The van der Waals surface area contributed by atoms with Crippen LogP contribution in [0.15, 0.2) is 21.4 Å². The summed E-state index contributed by atoms with van der Waals surface area (Å²) in [6, 6.07) is 0.733. The van der Waals surface area contributed by atoms with Crippen LogP contribution in [-0.4, -0.2) is 10.5 Å². The van der Waals surface area contributed by atoms with Crippen LogP contribution in [0.5, 0.6) is 0 Å². The maximum absolute atomic E-state index is 5.79. The molecule has 0 aliphatic heterocycles. The van der Waals surface area contributed by atoms with E-state index in [0.29, 0.717) is 23.9 Å². The molecular weight excluding hydrogens is 440 g/mol. The molecule has 0 fully saturated rings. The monoisotopic (exact) mass is 492 g/mol. The summed E-state index contributed by atoms with van der Waals surface area (Å²) in [6.45, 7) is 4.52. The van der Waals surface area contributed by atoms with Crippen LogP contribution in [0.2, 0.25) is 0 Å². The van der Waals surface area contributed by atoms with E-state index in [4.69, 9.17) is 20.5 Å². The number of rotatable bonds is 22. The lowest BCUT2D eigenvalue weighted by molar-refractivity contribution is -0.786. The lowest BCUT2D eigenvalue weighted by Gasteiger charge is -2.10. The van der Waals surface area contributed by atoms with Gasteiger partial charge in [0.15, 0.2) is 12.1 Å². The predicted molar refractivity (Wildman–Crippen MR) is 139 cm³/mol. The molecule has 8 nitrogen and oxygen atoms in total. The molecule has 2 unspecified atom stereocenters. The standard InChI is InChI=1S/C27H52N6O2/c1-3-5-7-9-11-14-18-24(32-22-26(28)34-30-32)20-16-13-17-21-25(33-23-27(29)35-31-33)19-15-12-10-8-6-4-2/h22-25H,3-21,28-29H2,1-2H3/q+2. The quantitative estimate of drug-likeness (QED) is 0.141. The van der Waals surface area contributed by atoms with E-state index < -0.39 is 0 Å². The molecule has 0 aromatic carbocycles. The molecule has 2 rings (SSSR count). The minimum Gasteiger partial charge on any atom is -0.362 e. The van der Waals surface area contributed by atoms with Gasteiger partial charge in [-0.05, 0) is 35.0 Å². The zero-order valence-electron chi connectivity index (χ0n) is 22.5. The molecule has 2 atom stereocenters. The summed E-state index contributed by atoms with van der Waals surface area (Å²) < 4.78 is 14.2. The zero-order chi connectivity index (χ0) is 25.1. The van der Waals surface area contributed by atoms with Gasteiger partial charge in [0.2, 0.25) is 10.5 Å². The van der Waals surface area contributed by atoms with Crippen molar-refractivity contribution >= 4 is 11.8 Å². The highest BCUT2D eigenvalue weighted by atomic mass is 16.5. The summed E-state index contributed by atoms with van der Waals surface area (Å²) in [7, 11) is 0. The summed E-state index contributed by atoms with van der Waals surface area (Å²) >= 11 is 0. The Bertz CT molecular complexity index is 700. The first kappa shape index (κ1) is 29.1. The summed E-state index contributed by atoms with van der Waals surface area (Å²) in [4.78, 5) is 0. The molecule has 8 heteroatoms. The lowest BCUT2D eigenvalue weighted by atomic mass is 9.98. The molecule has 0 aliphatic carbocycles. The van der Waals surface area contributed by atoms with Crippen molar-refractivity contribution in [3.63, 3.8) is 0 Å². The maximum Gasteiger partial charge on any atom is 0.293 e. The molecule has 0 saturated heterocycles. The highest BCUT2D eigenvalue weighted by molar-refractivity contribution is 5.11. The number of nitrogens with two attached hydrogens (primary N) is 2. The van der Waals surface area contributed by atoms with Crippen molar-refractivity contribution in [2.75, 3.05) is 11.5 Å². The van der Waals surface area contributed by atoms with Gasteiger partial charge in [0.05, 0.1) is 0 Å². The Balaban J connectivity index is 1.73. The van der Waals surface area contributed by atoms with E-state index in [1.54, 1.807) is 0 Å². The van der Waals surface area contributed by atoms with Gasteiger partial charge in [0.25, 0.3) is 24.2 Å². The molecule has 0 radical (unpaired) electrons. The molecular formula is C27H52N6O2+2. The van der Waals surface area contributed by atoms with Crippen LogP contribution in [0.4, 0.5) is 11.8 Å². The molecule has 35 heavy (non-hydrogen) atoms. The molecule has 0 aliphatic rings. The number of nitrogens with zero attached hydrogens (tertiary/aromatic N) is 4. The van der Waals surface area contributed by atoms with Crippen molar-refractivity contribution in [2.45, 2.75) is 148 Å². The third-order valence-electron chi connectivity index (χ3n) is 7.10. The first-order valence-electron chi connectivity index (χ1n) is 14.4. The molecule has 0 saturated carbocycles. The van der Waals surface area contributed by atoms with Crippen LogP contribution < -0.4 is 20.8 Å². The van der Waals surface area contributed by atoms with E-state index in [1.807, 2.05) is 21.8 Å². The number of hydrogen-bond donors (Lipinski definition) is 2. The normalized spacial score (nSPS) is 13.3. The Morgan fingerprint density at radius 1 is 0.571 bits per heavy atom. The third-order valence-corrected chi connectivity index (χ3v) is 7.10. The Kier molecular flexibility index (Phi) is 15.1. The number of aromatic nitrogens is 4. The average Bonchev–Trinajstić information content (AvgIpc) is 3.48. The molecule has 2 aromatic heterocycles. The van der Waals surface area contributed by atoms with E-state index >= 15 is 0 Å². The van der Waals surface area contributed by atoms with Gasteiger partial charge in [-0.1, -0.05) is 84.5 Å². The largest absolute Gasteiger partial charge is 0.362 e. The van der Waals surface area contributed by atoms with Gasteiger partial charge in [0, 0.05) is 25.7 Å². The number of hydrogen-bond acceptors (Lipinski definition) is 6. The van der Waals surface area contributed by atoms with Crippen molar-refractivity contribution in [1.82, 2.24) is 10.5 Å². The topological polar surface area (TPSA) is 112 Å². The van der Waals surface area contributed by atoms with E-state index in [-0.39, 0.29) is 0 Å². The van der Waals surface area contributed by atoms with E-state index in [2.05, 4.69) is 24.4 Å². The van der Waals surface area contributed by atoms with Gasteiger partial charge in [-0.2, -0.15) is 0 Å². The summed E-state index contributed by atoms with van der Waals surface area (Å²) in [5, 5.41) is 8.31. The van der Waals surface area contributed by atoms with Gasteiger partial charge in [-0.15, -0.1) is 0 Å². The van der Waals surface area contributed by atoms with E-state index in [1.165, 1.54) is 96.3 Å². The SMILES string of the molecule is CCCCCCCCC(CCCCCC(CCCCCCCC)[n+]1cc(N)on1)[n+]1cc(N)on1. The van der Waals surface area contributed by atoms with Crippen LogP contribution in [0.25, 0.3) is 0 Å². The summed E-state index contributed by atoms with van der Waals surface area (Å²) in [5.41, 5.74) is 11.6. The number of nitrogen functional groups attached to an aromatic ring is 2. The Morgan fingerprint density at radius 3 is 1.20 bits per heavy atom. The van der Waals surface area contributed by atoms with Crippen molar-refractivity contribution in [3.8, 4) is 0 Å². The molecule has 0 spiro atoms. The van der Waals surface area contributed by atoms with Crippen LogP contribution in [-0.2, 0) is 0 Å². The van der Waals surface area contributed by atoms with E-state index in [0.717, 1.165) is 25.7 Å². The van der Waals surface area contributed by atoms with Crippen LogP contribution in [0.3, 0.4) is 0 Å². The molecule has 200 valence electrons. The van der Waals surface area contributed by atoms with Gasteiger partial charge in [-0.3, -0.25) is 9.05 Å². The summed E-state index contributed by atoms with van der Waals surface area (Å²) in [6.07, 6.45) is 27.4. The molecule has 2 aromatic rings. The average molecular weight is 493 g/mol. The van der Waals surface area contributed by atoms with Gasteiger partial charge >= 0.3 is 0 Å². The minimum absolute atomic E-state index is 0.367.